The van der Waals surface area contributed by atoms with Crippen molar-refractivity contribution >= 4 is 11.9 Å². The number of aryl methyl sites for hydroxylation is 2. The van der Waals surface area contributed by atoms with Crippen LogP contribution in [0.3, 0.4) is 0 Å². The van der Waals surface area contributed by atoms with Gasteiger partial charge in [0.2, 0.25) is 5.91 Å². The maximum Gasteiger partial charge on any atom is 0.306 e. The first kappa shape index (κ1) is 15.6. The zero-order valence-corrected chi connectivity index (χ0v) is 12.7. The first-order valence-corrected chi connectivity index (χ1v) is 7.60. The van der Waals surface area contributed by atoms with Gasteiger partial charge in [-0.05, 0) is 51.2 Å². The third-order valence-corrected chi connectivity index (χ3v) is 4.43. The minimum absolute atomic E-state index is 0.0122. The molecule has 1 unspecified atom stereocenters. The molecular formula is C16H24N2O3. The summed E-state index contributed by atoms with van der Waals surface area (Å²) in [5, 5.41) is 12.0. The Balaban J connectivity index is 1.75. The predicted molar refractivity (Wildman–Crippen MR) is 79.8 cm³/mol. The number of nitrogens with one attached hydrogen (secondary N) is 1. The normalized spacial score (nSPS) is 23.0. The minimum atomic E-state index is -0.776. The van der Waals surface area contributed by atoms with Gasteiger partial charge in [-0.1, -0.05) is 0 Å². The zero-order chi connectivity index (χ0) is 15.4. The van der Waals surface area contributed by atoms with Crippen LogP contribution in [-0.4, -0.2) is 27.6 Å². The second kappa shape index (κ2) is 6.78. The number of carbonyl (C=O) groups excluding carboxylic acids is 1. The van der Waals surface area contributed by atoms with Crippen molar-refractivity contribution in [1.29, 1.82) is 0 Å². The highest BCUT2D eigenvalue weighted by Gasteiger charge is 2.34. The van der Waals surface area contributed by atoms with Crippen molar-refractivity contribution in [2.75, 3.05) is 0 Å². The van der Waals surface area contributed by atoms with E-state index in [1.165, 1.54) is 5.69 Å². The molecule has 1 aromatic rings. The van der Waals surface area contributed by atoms with E-state index in [0.717, 1.165) is 12.8 Å². The lowest BCUT2D eigenvalue weighted by Crippen LogP contribution is -2.37. The number of nitrogens with zero attached hydrogens (tertiary/aromatic N) is 1. The molecule has 5 heteroatoms. The number of aliphatic carboxylic acids is 1. The van der Waals surface area contributed by atoms with Gasteiger partial charge < -0.3 is 15.0 Å². The lowest BCUT2D eigenvalue weighted by atomic mass is 10.0. The average Bonchev–Trinajstić information content (AvgIpc) is 3.05. The maximum absolute atomic E-state index is 12.1. The number of amides is 1. The van der Waals surface area contributed by atoms with Crippen LogP contribution in [0.5, 0.6) is 0 Å². The number of carboxylic acids is 1. The third kappa shape index (κ3) is 4.09. The molecule has 1 aliphatic carbocycles. The molecule has 1 aromatic heterocycles. The highest BCUT2D eigenvalue weighted by molar-refractivity contribution is 5.81. The van der Waals surface area contributed by atoms with Gasteiger partial charge >= 0.3 is 5.97 Å². The van der Waals surface area contributed by atoms with Gasteiger partial charge in [-0.15, -0.1) is 0 Å². The molecule has 0 aliphatic heterocycles. The summed E-state index contributed by atoms with van der Waals surface area (Å²) in [6.45, 7) is 2.00. The van der Waals surface area contributed by atoms with E-state index in [9.17, 15) is 9.59 Å². The molecule has 3 atom stereocenters. The molecule has 0 saturated heterocycles. The number of carbonyl (C=O) groups is 2. The molecule has 116 valence electrons. The van der Waals surface area contributed by atoms with Gasteiger partial charge in [-0.3, -0.25) is 9.59 Å². The Hall–Kier alpha value is -1.78. The molecule has 0 radical (unpaired) electrons. The van der Waals surface area contributed by atoms with Crippen molar-refractivity contribution in [2.24, 2.45) is 18.9 Å². The Kier molecular flexibility index (Phi) is 5.04. The summed E-state index contributed by atoms with van der Waals surface area (Å²) >= 11 is 0. The van der Waals surface area contributed by atoms with Gasteiger partial charge in [0.1, 0.15) is 0 Å². The molecule has 1 amide bonds. The Morgan fingerprint density at radius 3 is 2.71 bits per heavy atom. The molecule has 1 heterocycles. The van der Waals surface area contributed by atoms with Crippen molar-refractivity contribution in [3.8, 4) is 0 Å². The molecule has 1 fully saturated rings. The van der Waals surface area contributed by atoms with Gasteiger partial charge in [0.15, 0.2) is 0 Å². The van der Waals surface area contributed by atoms with Gasteiger partial charge in [0.05, 0.1) is 5.92 Å². The number of hydrogen-bond acceptors (Lipinski definition) is 2. The monoisotopic (exact) mass is 292 g/mol. The van der Waals surface area contributed by atoms with E-state index in [-0.39, 0.29) is 23.8 Å². The molecule has 2 rings (SSSR count). The van der Waals surface area contributed by atoms with E-state index in [4.69, 9.17) is 5.11 Å². The van der Waals surface area contributed by atoms with Crippen LogP contribution in [0, 0.1) is 11.8 Å². The fraction of sp³-hybridized carbons (Fsp3) is 0.625. The van der Waals surface area contributed by atoms with Crippen LogP contribution in [0.1, 0.15) is 38.3 Å². The molecule has 0 spiro atoms. The highest BCUT2D eigenvalue weighted by Crippen LogP contribution is 2.31. The van der Waals surface area contributed by atoms with Crippen LogP contribution in [0.4, 0.5) is 0 Å². The van der Waals surface area contributed by atoms with E-state index in [2.05, 4.69) is 16.0 Å². The van der Waals surface area contributed by atoms with E-state index in [0.29, 0.717) is 19.3 Å². The van der Waals surface area contributed by atoms with Gasteiger partial charge in [0.25, 0.3) is 0 Å². The van der Waals surface area contributed by atoms with E-state index in [1.807, 2.05) is 26.2 Å². The Labute approximate surface area is 125 Å². The molecule has 2 N–H and O–H groups in total. The third-order valence-electron chi connectivity index (χ3n) is 4.43. The molecule has 5 nitrogen and oxygen atoms in total. The first-order chi connectivity index (χ1) is 9.97. The molecule has 0 aromatic carbocycles. The van der Waals surface area contributed by atoms with Gasteiger partial charge in [0, 0.05) is 30.9 Å². The van der Waals surface area contributed by atoms with E-state index < -0.39 is 5.97 Å². The van der Waals surface area contributed by atoms with Crippen molar-refractivity contribution < 1.29 is 14.7 Å². The molecule has 1 aliphatic rings. The van der Waals surface area contributed by atoms with Crippen LogP contribution in [0.2, 0.25) is 0 Å². The minimum Gasteiger partial charge on any atom is -0.481 e. The summed E-state index contributed by atoms with van der Waals surface area (Å²) in [6, 6.07) is 4.21. The highest BCUT2D eigenvalue weighted by atomic mass is 16.4. The standard InChI is InChI=1S/C16H24N2O3/c1-11(5-8-14-4-3-9-18(14)2)17-15(19)12-6-7-13(10-12)16(20)21/h3-4,9,11-13H,5-8,10H2,1-2H3,(H,17,19)(H,20,21)/t11?,12-,13+/m1/s1. The summed E-state index contributed by atoms with van der Waals surface area (Å²) in [5.41, 5.74) is 1.25. The van der Waals surface area contributed by atoms with Gasteiger partial charge in [-0.2, -0.15) is 0 Å². The van der Waals surface area contributed by atoms with Crippen molar-refractivity contribution in [1.82, 2.24) is 9.88 Å². The Bertz CT molecular complexity index is 509. The van der Waals surface area contributed by atoms with Crippen LogP contribution >= 0.6 is 0 Å². The van der Waals surface area contributed by atoms with Crippen LogP contribution < -0.4 is 5.32 Å². The predicted octanol–water partition coefficient (Wildman–Crippen LogP) is 1.96. The van der Waals surface area contributed by atoms with Crippen LogP contribution in [-0.2, 0) is 23.1 Å². The summed E-state index contributed by atoms with van der Waals surface area (Å²) in [6.07, 6.45) is 5.61. The lowest BCUT2D eigenvalue weighted by molar-refractivity contribution is -0.141. The van der Waals surface area contributed by atoms with Crippen molar-refractivity contribution in [3.05, 3.63) is 24.0 Å². The fourth-order valence-electron chi connectivity index (χ4n) is 3.00. The second-order valence-corrected chi connectivity index (χ2v) is 6.10. The SMILES string of the molecule is CC(CCc1cccn1C)NC(=O)[C@@H]1CC[C@H](C(=O)O)C1. The Morgan fingerprint density at radius 2 is 2.14 bits per heavy atom. The summed E-state index contributed by atoms with van der Waals surface area (Å²) < 4.78 is 2.09. The second-order valence-electron chi connectivity index (χ2n) is 6.10. The topological polar surface area (TPSA) is 71.3 Å². The smallest absolute Gasteiger partial charge is 0.306 e. The molecule has 21 heavy (non-hydrogen) atoms. The average molecular weight is 292 g/mol. The van der Waals surface area contributed by atoms with Crippen molar-refractivity contribution in [2.45, 2.75) is 45.1 Å². The lowest BCUT2D eigenvalue weighted by Gasteiger charge is -2.17. The molecule has 0 bridgehead atoms. The van der Waals surface area contributed by atoms with Crippen molar-refractivity contribution in [3.63, 3.8) is 0 Å². The van der Waals surface area contributed by atoms with Crippen LogP contribution in [0.15, 0.2) is 18.3 Å². The zero-order valence-electron chi connectivity index (χ0n) is 12.7. The van der Waals surface area contributed by atoms with Crippen LogP contribution in [0.25, 0.3) is 0 Å². The number of aromatic nitrogens is 1. The van der Waals surface area contributed by atoms with E-state index in [1.54, 1.807) is 0 Å². The largest absolute Gasteiger partial charge is 0.481 e. The number of carboxylic acid groups (broad SMARTS) is 1. The molecule has 1 saturated carbocycles. The Morgan fingerprint density at radius 1 is 1.43 bits per heavy atom. The van der Waals surface area contributed by atoms with E-state index >= 15 is 0 Å². The summed E-state index contributed by atoms with van der Waals surface area (Å²) in [4.78, 5) is 23.1. The summed E-state index contributed by atoms with van der Waals surface area (Å²) in [7, 11) is 2.02. The number of hydrogen-bond donors (Lipinski definition) is 2. The number of rotatable bonds is 6. The molecular weight excluding hydrogens is 268 g/mol. The fourth-order valence-corrected chi connectivity index (χ4v) is 3.00. The first-order valence-electron chi connectivity index (χ1n) is 7.60. The quantitative estimate of drug-likeness (QED) is 0.842. The maximum atomic E-state index is 12.1. The van der Waals surface area contributed by atoms with Gasteiger partial charge in [-0.25, -0.2) is 0 Å². The summed E-state index contributed by atoms with van der Waals surface area (Å²) in [5.74, 6) is -1.25.